The van der Waals surface area contributed by atoms with Gasteiger partial charge >= 0.3 is 6.01 Å². The number of anilines is 1. The molecule has 0 aliphatic heterocycles. The molecule has 106 valence electrons. The third-order valence-corrected chi connectivity index (χ3v) is 4.26. The molecule has 0 spiro atoms. The minimum Gasteiger partial charge on any atom is -0.407 e. The zero-order chi connectivity index (χ0) is 14.5. The molecule has 3 aromatic rings. The van der Waals surface area contributed by atoms with Crippen molar-refractivity contribution in [1.82, 2.24) is 10.2 Å². The lowest BCUT2D eigenvalue weighted by molar-refractivity contribution is -0.112. The molecule has 1 amide bonds. The molecule has 7 heteroatoms. The van der Waals surface area contributed by atoms with E-state index < -0.39 is 0 Å². The first kappa shape index (κ1) is 13.7. The van der Waals surface area contributed by atoms with Gasteiger partial charge in [-0.05, 0) is 29.0 Å². The maximum atomic E-state index is 11.7. The number of carbonyl (C=O) groups excluding carboxylic acids is 1. The molecule has 1 N–H and O–H groups in total. The molecule has 0 bridgehead atoms. The summed E-state index contributed by atoms with van der Waals surface area (Å²) in [5, 5.41) is 14.2. The quantitative estimate of drug-likeness (QED) is 0.732. The van der Waals surface area contributed by atoms with Crippen LogP contribution in [0.2, 0.25) is 0 Å². The fraction of sp³-hybridized carbons (Fsp3) is 0.0714. The number of rotatable bonds is 5. The smallest absolute Gasteiger partial charge is 0.322 e. The van der Waals surface area contributed by atoms with Gasteiger partial charge in [-0.15, -0.1) is 27.8 Å². The number of carbonyl (C=O) groups is 1. The Bertz CT molecular complexity index is 730. The van der Waals surface area contributed by atoms with Crippen LogP contribution in [0.5, 0.6) is 0 Å². The maximum Gasteiger partial charge on any atom is 0.322 e. The number of nitrogens with zero attached hydrogens (tertiary/aromatic N) is 2. The van der Waals surface area contributed by atoms with Crippen LogP contribution in [-0.4, -0.2) is 16.1 Å². The van der Waals surface area contributed by atoms with Crippen molar-refractivity contribution in [3.8, 4) is 0 Å². The van der Waals surface area contributed by atoms with Crippen LogP contribution in [0.1, 0.15) is 15.6 Å². The van der Waals surface area contributed by atoms with Crippen LogP contribution in [0.4, 0.5) is 6.01 Å². The third-order valence-electron chi connectivity index (χ3n) is 2.54. The SMILES string of the molecule is O=C(C=Cc1cccs1)Nc1nnc(Cc2cccs2)o1. The Balaban J connectivity index is 1.58. The van der Waals surface area contributed by atoms with Crippen LogP contribution in [0.25, 0.3) is 6.08 Å². The number of hydrogen-bond acceptors (Lipinski definition) is 6. The average molecular weight is 317 g/mol. The van der Waals surface area contributed by atoms with Crippen molar-refractivity contribution in [1.29, 1.82) is 0 Å². The Kier molecular flexibility index (Phi) is 4.23. The minimum absolute atomic E-state index is 0.113. The van der Waals surface area contributed by atoms with Crippen molar-refractivity contribution in [3.63, 3.8) is 0 Å². The first-order chi connectivity index (χ1) is 10.3. The summed E-state index contributed by atoms with van der Waals surface area (Å²) in [6.07, 6.45) is 3.75. The van der Waals surface area contributed by atoms with Crippen molar-refractivity contribution >= 4 is 40.7 Å². The molecule has 0 unspecified atom stereocenters. The van der Waals surface area contributed by atoms with Gasteiger partial charge in [-0.3, -0.25) is 10.1 Å². The second kappa shape index (κ2) is 6.47. The van der Waals surface area contributed by atoms with Gasteiger partial charge in [-0.1, -0.05) is 17.2 Å². The molecule has 0 saturated carbocycles. The standard InChI is InChI=1S/C14H11N3O2S2/c18-12(6-5-10-3-1-7-20-10)15-14-17-16-13(19-14)9-11-4-2-8-21-11/h1-8H,9H2,(H,15,17,18). The molecule has 3 aromatic heterocycles. The van der Waals surface area contributed by atoms with E-state index in [1.165, 1.54) is 6.08 Å². The van der Waals surface area contributed by atoms with Gasteiger partial charge in [-0.2, -0.15) is 0 Å². The molecule has 5 nitrogen and oxygen atoms in total. The largest absolute Gasteiger partial charge is 0.407 e. The first-order valence-electron chi connectivity index (χ1n) is 6.17. The highest BCUT2D eigenvalue weighted by molar-refractivity contribution is 7.10. The fourth-order valence-corrected chi connectivity index (χ4v) is 2.94. The molecule has 3 heterocycles. The van der Waals surface area contributed by atoms with E-state index in [2.05, 4.69) is 15.5 Å². The van der Waals surface area contributed by atoms with Crippen molar-refractivity contribution in [2.75, 3.05) is 5.32 Å². The molecule has 0 fully saturated rings. The predicted octanol–water partition coefficient (Wildman–Crippen LogP) is 3.44. The first-order valence-corrected chi connectivity index (χ1v) is 7.93. The molecule has 0 atom stereocenters. The number of amides is 1. The van der Waals surface area contributed by atoms with Crippen LogP contribution in [0.15, 0.2) is 45.5 Å². The predicted molar refractivity (Wildman–Crippen MR) is 83.4 cm³/mol. The van der Waals surface area contributed by atoms with Crippen LogP contribution < -0.4 is 5.32 Å². The number of aromatic nitrogens is 2. The Morgan fingerprint density at radius 2 is 2.10 bits per heavy atom. The number of nitrogens with one attached hydrogen (secondary N) is 1. The van der Waals surface area contributed by atoms with Gasteiger partial charge in [0, 0.05) is 15.8 Å². The van der Waals surface area contributed by atoms with Crippen LogP contribution in [-0.2, 0) is 11.2 Å². The Hall–Kier alpha value is -2.25. The van der Waals surface area contributed by atoms with Crippen molar-refractivity contribution in [3.05, 3.63) is 56.7 Å². The lowest BCUT2D eigenvalue weighted by atomic mass is 10.3. The van der Waals surface area contributed by atoms with Gasteiger partial charge < -0.3 is 4.42 Å². The summed E-state index contributed by atoms with van der Waals surface area (Å²) in [4.78, 5) is 13.9. The number of hydrogen-bond donors (Lipinski definition) is 1. The second-order valence-electron chi connectivity index (χ2n) is 4.10. The van der Waals surface area contributed by atoms with E-state index in [-0.39, 0.29) is 11.9 Å². The molecule has 0 aromatic carbocycles. The molecule has 0 radical (unpaired) electrons. The highest BCUT2D eigenvalue weighted by Crippen LogP contribution is 2.15. The van der Waals surface area contributed by atoms with E-state index in [4.69, 9.17) is 4.42 Å². The zero-order valence-corrected chi connectivity index (χ0v) is 12.5. The fourth-order valence-electron chi connectivity index (χ4n) is 1.63. The van der Waals surface area contributed by atoms with Crippen LogP contribution >= 0.6 is 22.7 Å². The topological polar surface area (TPSA) is 68.0 Å². The van der Waals surface area contributed by atoms with Crippen molar-refractivity contribution in [2.45, 2.75) is 6.42 Å². The van der Waals surface area contributed by atoms with E-state index in [0.29, 0.717) is 12.3 Å². The molecular weight excluding hydrogens is 306 g/mol. The van der Waals surface area contributed by atoms with Crippen LogP contribution in [0, 0.1) is 0 Å². The lowest BCUT2D eigenvalue weighted by Crippen LogP contribution is -2.07. The van der Waals surface area contributed by atoms with Crippen LogP contribution in [0.3, 0.4) is 0 Å². The molecule has 21 heavy (non-hydrogen) atoms. The summed E-state index contributed by atoms with van der Waals surface area (Å²) in [5.41, 5.74) is 0. The summed E-state index contributed by atoms with van der Waals surface area (Å²) in [7, 11) is 0. The van der Waals surface area contributed by atoms with Gasteiger partial charge in [-0.25, -0.2) is 0 Å². The Morgan fingerprint density at radius 3 is 2.86 bits per heavy atom. The third kappa shape index (κ3) is 3.87. The lowest BCUT2D eigenvalue weighted by Gasteiger charge is -1.93. The summed E-state index contributed by atoms with van der Waals surface area (Å²) in [6.45, 7) is 0. The van der Waals surface area contributed by atoms with E-state index in [1.807, 2.05) is 35.0 Å². The zero-order valence-electron chi connectivity index (χ0n) is 10.9. The average Bonchev–Trinajstić information content (AvgIpc) is 3.19. The molecule has 3 rings (SSSR count). The van der Waals surface area contributed by atoms with E-state index in [1.54, 1.807) is 28.7 Å². The van der Waals surface area contributed by atoms with E-state index in [0.717, 1.165) is 9.75 Å². The molecule has 0 aliphatic rings. The second-order valence-corrected chi connectivity index (χ2v) is 6.11. The van der Waals surface area contributed by atoms with Crippen molar-refractivity contribution in [2.24, 2.45) is 0 Å². The number of thiophene rings is 2. The van der Waals surface area contributed by atoms with E-state index in [9.17, 15) is 4.79 Å². The summed E-state index contributed by atoms with van der Waals surface area (Å²) < 4.78 is 5.39. The highest BCUT2D eigenvalue weighted by atomic mass is 32.1. The summed E-state index contributed by atoms with van der Waals surface area (Å²) in [6, 6.07) is 7.94. The monoisotopic (exact) mass is 317 g/mol. The molecular formula is C14H11N3O2S2. The van der Waals surface area contributed by atoms with Crippen molar-refractivity contribution < 1.29 is 9.21 Å². The van der Waals surface area contributed by atoms with Gasteiger partial charge in [0.2, 0.25) is 5.89 Å². The normalized spacial score (nSPS) is 11.0. The Labute approximate surface area is 129 Å². The highest BCUT2D eigenvalue weighted by Gasteiger charge is 2.09. The minimum atomic E-state index is -0.297. The summed E-state index contributed by atoms with van der Waals surface area (Å²) in [5.74, 6) is 0.185. The maximum absolute atomic E-state index is 11.7. The molecule has 0 saturated heterocycles. The van der Waals surface area contributed by atoms with Gasteiger partial charge in [0.1, 0.15) is 0 Å². The van der Waals surface area contributed by atoms with Gasteiger partial charge in [0.25, 0.3) is 5.91 Å². The van der Waals surface area contributed by atoms with Gasteiger partial charge in [0.15, 0.2) is 0 Å². The van der Waals surface area contributed by atoms with Gasteiger partial charge in [0.05, 0.1) is 6.42 Å². The summed E-state index contributed by atoms with van der Waals surface area (Å²) >= 11 is 3.18. The molecule has 0 aliphatic carbocycles. The van der Waals surface area contributed by atoms with E-state index >= 15 is 0 Å². The Morgan fingerprint density at radius 1 is 1.24 bits per heavy atom.